The van der Waals surface area contributed by atoms with Crippen molar-refractivity contribution in [3.05, 3.63) is 4.88 Å². The van der Waals surface area contributed by atoms with Gasteiger partial charge in [-0.25, -0.2) is 4.98 Å². The molecular formula is C13H22N4O3S. The number of nitrogens with zero attached hydrogens (tertiary/aromatic N) is 2. The van der Waals surface area contributed by atoms with Crippen molar-refractivity contribution < 1.29 is 14.6 Å². The number of hydrogen-bond acceptors (Lipinski definition) is 7. The van der Waals surface area contributed by atoms with E-state index in [9.17, 15) is 4.79 Å². The van der Waals surface area contributed by atoms with Crippen molar-refractivity contribution >= 4 is 28.2 Å². The van der Waals surface area contributed by atoms with Crippen LogP contribution in [-0.2, 0) is 4.74 Å². The lowest BCUT2D eigenvalue weighted by molar-refractivity contribution is 0.0883. The third-order valence-electron chi connectivity index (χ3n) is 3.41. The van der Waals surface area contributed by atoms with Gasteiger partial charge in [0.25, 0.3) is 5.91 Å². The average molecular weight is 314 g/mol. The number of rotatable bonds is 7. The summed E-state index contributed by atoms with van der Waals surface area (Å²) >= 11 is 1.32. The molecule has 7 nitrogen and oxygen atoms in total. The van der Waals surface area contributed by atoms with Gasteiger partial charge in [0.05, 0.1) is 12.6 Å². The van der Waals surface area contributed by atoms with E-state index >= 15 is 0 Å². The third-order valence-corrected chi connectivity index (χ3v) is 4.54. The van der Waals surface area contributed by atoms with Gasteiger partial charge in [-0.1, -0.05) is 11.3 Å². The molecule has 4 N–H and O–H groups in total. The third kappa shape index (κ3) is 4.05. The van der Waals surface area contributed by atoms with Crippen LogP contribution in [0.2, 0.25) is 0 Å². The topological polar surface area (TPSA) is 101 Å². The SMILES string of the molecule is COCC(CCO)NC(=O)c1sc(N2CCCC2)nc1N. The van der Waals surface area contributed by atoms with Crippen LogP contribution in [-0.4, -0.2) is 55.5 Å². The number of hydrogen-bond donors (Lipinski definition) is 3. The number of nitrogens with two attached hydrogens (primary N) is 1. The number of thiazole rings is 1. The summed E-state index contributed by atoms with van der Waals surface area (Å²) in [7, 11) is 1.56. The van der Waals surface area contributed by atoms with Gasteiger partial charge in [0.1, 0.15) is 10.7 Å². The molecule has 2 rings (SSSR count). The summed E-state index contributed by atoms with van der Waals surface area (Å²) in [5.41, 5.74) is 5.86. The molecule has 1 aromatic rings. The number of carbonyl (C=O) groups is 1. The van der Waals surface area contributed by atoms with Crippen LogP contribution in [0.5, 0.6) is 0 Å². The Balaban J connectivity index is 2.04. The maximum absolute atomic E-state index is 12.3. The fourth-order valence-corrected chi connectivity index (χ4v) is 3.27. The molecular weight excluding hydrogens is 292 g/mol. The minimum absolute atomic E-state index is 0.00843. The molecule has 1 aliphatic heterocycles. The molecule has 21 heavy (non-hydrogen) atoms. The Bertz CT molecular complexity index is 468. The van der Waals surface area contributed by atoms with Gasteiger partial charge in [-0.3, -0.25) is 4.79 Å². The molecule has 0 saturated carbocycles. The van der Waals surface area contributed by atoms with Crippen molar-refractivity contribution in [2.45, 2.75) is 25.3 Å². The first-order valence-corrected chi connectivity index (χ1v) is 7.89. The molecule has 0 radical (unpaired) electrons. The highest BCUT2D eigenvalue weighted by Crippen LogP contribution is 2.30. The number of carbonyl (C=O) groups excluding carboxylic acids is 1. The number of nitrogens with one attached hydrogen (secondary N) is 1. The molecule has 1 fully saturated rings. The largest absolute Gasteiger partial charge is 0.396 e. The smallest absolute Gasteiger partial charge is 0.265 e. The lowest BCUT2D eigenvalue weighted by Crippen LogP contribution is -2.38. The highest BCUT2D eigenvalue weighted by molar-refractivity contribution is 7.18. The Hall–Kier alpha value is -1.38. The van der Waals surface area contributed by atoms with Crippen LogP contribution < -0.4 is 16.0 Å². The number of nitrogen functional groups attached to an aromatic ring is 1. The average Bonchev–Trinajstić information content (AvgIpc) is 3.08. The minimum atomic E-state index is -0.258. The Labute approximate surface area is 128 Å². The second-order valence-electron chi connectivity index (χ2n) is 5.04. The summed E-state index contributed by atoms with van der Waals surface area (Å²) < 4.78 is 5.03. The van der Waals surface area contributed by atoms with Gasteiger partial charge in [-0.2, -0.15) is 0 Å². The first kappa shape index (κ1) is 16.0. The van der Waals surface area contributed by atoms with Crippen molar-refractivity contribution in [3.8, 4) is 0 Å². The lowest BCUT2D eigenvalue weighted by Gasteiger charge is -2.16. The molecule has 118 valence electrons. The highest BCUT2D eigenvalue weighted by atomic mass is 32.1. The molecule has 1 atom stereocenters. The lowest BCUT2D eigenvalue weighted by atomic mass is 10.2. The normalized spacial score (nSPS) is 16.2. The van der Waals surface area contributed by atoms with Crippen LogP contribution in [0.3, 0.4) is 0 Å². The van der Waals surface area contributed by atoms with Crippen LogP contribution in [0.15, 0.2) is 0 Å². The molecule has 1 amide bonds. The van der Waals surface area contributed by atoms with Gasteiger partial charge < -0.3 is 25.8 Å². The Kier molecular flexibility index (Phi) is 5.77. The zero-order valence-corrected chi connectivity index (χ0v) is 13.0. The standard InChI is InChI=1S/C13H22N4O3S/c1-20-8-9(4-7-18)15-12(19)10-11(14)16-13(21-10)17-5-2-3-6-17/h9,18H,2-8,14H2,1H3,(H,15,19). The van der Waals surface area contributed by atoms with Gasteiger partial charge in [-0.15, -0.1) is 0 Å². The quantitative estimate of drug-likeness (QED) is 0.676. The van der Waals surface area contributed by atoms with Gasteiger partial charge in [0.15, 0.2) is 5.13 Å². The number of ether oxygens (including phenoxy) is 1. The summed E-state index contributed by atoms with van der Waals surface area (Å²) in [6, 6.07) is -0.232. The van der Waals surface area contributed by atoms with Crippen molar-refractivity contribution in [2.75, 3.05) is 44.0 Å². The molecule has 0 aliphatic carbocycles. The molecule has 1 saturated heterocycles. The van der Waals surface area contributed by atoms with Crippen molar-refractivity contribution in [2.24, 2.45) is 0 Å². The summed E-state index contributed by atoms with van der Waals surface area (Å²) in [4.78, 5) is 19.1. The summed E-state index contributed by atoms with van der Waals surface area (Å²) in [6.45, 7) is 2.27. The minimum Gasteiger partial charge on any atom is -0.396 e. The van der Waals surface area contributed by atoms with Crippen LogP contribution in [0.25, 0.3) is 0 Å². The van der Waals surface area contributed by atoms with E-state index in [1.165, 1.54) is 11.3 Å². The first-order chi connectivity index (χ1) is 10.2. The Morgan fingerprint density at radius 2 is 2.29 bits per heavy atom. The number of aliphatic hydroxyl groups excluding tert-OH is 1. The van der Waals surface area contributed by atoms with Gasteiger partial charge in [0, 0.05) is 26.8 Å². The monoisotopic (exact) mass is 314 g/mol. The van der Waals surface area contributed by atoms with E-state index in [0.717, 1.165) is 31.1 Å². The fraction of sp³-hybridized carbons (Fsp3) is 0.692. The van der Waals surface area contributed by atoms with Crippen LogP contribution >= 0.6 is 11.3 Å². The molecule has 0 spiro atoms. The van der Waals surface area contributed by atoms with Crippen molar-refractivity contribution in [1.82, 2.24) is 10.3 Å². The Morgan fingerprint density at radius 3 is 2.90 bits per heavy atom. The second kappa shape index (κ2) is 7.58. The number of aliphatic hydroxyl groups is 1. The molecule has 8 heteroatoms. The fourth-order valence-electron chi connectivity index (χ4n) is 2.33. The second-order valence-corrected chi connectivity index (χ2v) is 6.02. The highest BCUT2D eigenvalue weighted by Gasteiger charge is 2.23. The summed E-state index contributed by atoms with van der Waals surface area (Å²) in [6.07, 6.45) is 2.73. The van der Waals surface area contributed by atoms with E-state index < -0.39 is 0 Å². The summed E-state index contributed by atoms with van der Waals surface area (Å²) in [5.74, 6) is 0.00510. The molecule has 2 heterocycles. The van der Waals surface area contributed by atoms with E-state index in [2.05, 4.69) is 15.2 Å². The first-order valence-electron chi connectivity index (χ1n) is 7.07. The number of amides is 1. The molecule has 1 unspecified atom stereocenters. The van der Waals surface area contributed by atoms with Gasteiger partial charge >= 0.3 is 0 Å². The zero-order valence-electron chi connectivity index (χ0n) is 12.2. The zero-order chi connectivity index (χ0) is 15.2. The Morgan fingerprint density at radius 1 is 1.57 bits per heavy atom. The van der Waals surface area contributed by atoms with Crippen LogP contribution in [0.1, 0.15) is 28.9 Å². The summed E-state index contributed by atoms with van der Waals surface area (Å²) in [5, 5.41) is 12.6. The number of anilines is 2. The molecule has 1 aliphatic rings. The van der Waals surface area contributed by atoms with Gasteiger partial charge in [0.2, 0.25) is 0 Å². The number of methoxy groups -OCH3 is 1. The van der Waals surface area contributed by atoms with E-state index in [1.807, 2.05) is 0 Å². The number of aromatic nitrogens is 1. The predicted octanol–water partition coefficient (Wildman–Crippen LogP) is 0.453. The van der Waals surface area contributed by atoms with Crippen LogP contribution in [0.4, 0.5) is 10.9 Å². The van der Waals surface area contributed by atoms with Crippen LogP contribution in [0, 0.1) is 0 Å². The maximum Gasteiger partial charge on any atom is 0.265 e. The molecule has 0 bridgehead atoms. The van der Waals surface area contributed by atoms with Gasteiger partial charge in [-0.05, 0) is 19.3 Å². The molecule has 0 aromatic carbocycles. The maximum atomic E-state index is 12.3. The van der Waals surface area contributed by atoms with Crippen molar-refractivity contribution in [3.63, 3.8) is 0 Å². The van der Waals surface area contributed by atoms with E-state index in [-0.39, 0.29) is 24.4 Å². The van der Waals surface area contributed by atoms with E-state index in [1.54, 1.807) is 7.11 Å². The van der Waals surface area contributed by atoms with E-state index in [4.69, 9.17) is 15.6 Å². The van der Waals surface area contributed by atoms with E-state index in [0.29, 0.717) is 17.9 Å². The van der Waals surface area contributed by atoms with Crippen molar-refractivity contribution in [1.29, 1.82) is 0 Å². The predicted molar refractivity (Wildman–Crippen MR) is 82.8 cm³/mol. The molecule has 1 aromatic heterocycles.